The maximum Gasteiger partial charge on any atom is 0.407 e. The number of rotatable bonds is 25. The summed E-state index contributed by atoms with van der Waals surface area (Å²) in [4.78, 5) is 56.5. The Morgan fingerprint density at radius 2 is 1.00 bits per heavy atom. The van der Waals surface area contributed by atoms with Gasteiger partial charge in [0.15, 0.2) is 55.9 Å². The fraction of sp³-hybridized carbons (Fsp3) is 0.722. The van der Waals surface area contributed by atoms with E-state index in [0.29, 0.717) is 12.8 Å². The SMILES string of the molecule is CC[C@@H]1O[C@H](O[C@@H]2[C@@H](CC)OC(O[C@@H]3[C@@H](O)[C@H](CC(=O)C4(O)CC(NC(=O)OC(C)(C)C)C4)C[C@H](C)[C@H]3O[C@H]3O[C@@H]4COC(c5ccccc5)O[C@H]4[C@H](C)[C@H]3NC(=O)OCc3ccccc3)[C@@H]2O[Si](C)(C)C(C)(C)C)[C@H](NC(=O)OCc2ccccc2)[C@@H](O[Si](C)(C)C(C)(C)C)[C@@H]1O[Si](C)(C)C(C)(C)C. The first-order valence-electron chi connectivity index (χ1n) is 38.1. The first kappa shape index (κ1) is 84.3. The highest BCUT2D eigenvalue weighted by atomic mass is 28.4. The number of carbonyl (C=O) groups is 4. The Labute approximate surface area is 627 Å². The van der Waals surface area contributed by atoms with Gasteiger partial charge in [-0.1, -0.05) is 181 Å². The van der Waals surface area contributed by atoms with Crippen LogP contribution in [0.4, 0.5) is 14.4 Å². The molecule has 0 radical (unpaired) electrons. The minimum Gasteiger partial charge on any atom is -0.445 e. The molecule has 588 valence electrons. The summed E-state index contributed by atoms with van der Waals surface area (Å²) in [6.45, 7) is 45.8. The predicted octanol–water partition coefficient (Wildman–Crippen LogP) is 14.0. The van der Waals surface area contributed by atoms with Gasteiger partial charge >= 0.3 is 18.3 Å². The topological polar surface area (TPSA) is 274 Å². The summed E-state index contributed by atoms with van der Waals surface area (Å²) in [7, 11) is -8.32. The zero-order valence-corrected chi connectivity index (χ0v) is 69.4. The first-order chi connectivity index (χ1) is 48.9. The van der Waals surface area contributed by atoms with E-state index in [1.165, 1.54) is 0 Å². The normalized spacial score (nSPS) is 33.5. The molecular formula is C79H125N3O20Si3. The summed E-state index contributed by atoms with van der Waals surface area (Å²) in [6.07, 6.45) is -16.1. The van der Waals surface area contributed by atoms with Crippen LogP contribution in [0.15, 0.2) is 91.0 Å². The Balaban J connectivity index is 1.10. The van der Waals surface area contributed by atoms with Crippen LogP contribution in [0.25, 0.3) is 0 Å². The lowest BCUT2D eigenvalue weighted by Crippen LogP contribution is -2.70. The Morgan fingerprint density at radius 3 is 1.51 bits per heavy atom. The number of amides is 3. The molecule has 5 N–H and O–H groups in total. The molecule has 9 rings (SSSR count). The fourth-order valence-corrected chi connectivity index (χ4v) is 18.0. The third kappa shape index (κ3) is 20.7. The molecule has 23 nitrogen and oxygen atoms in total. The van der Waals surface area contributed by atoms with Crippen molar-refractivity contribution >= 4 is 49.0 Å². The molecular weight excluding hydrogens is 1400 g/mol. The van der Waals surface area contributed by atoms with E-state index in [1.54, 1.807) is 20.8 Å². The highest BCUT2D eigenvalue weighted by Gasteiger charge is 2.61. The first-order valence-corrected chi connectivity index (χ1v) is 46.8. The lowest BCUT2D eigenvalue weighted by molar-refractivity contribution is -0.353. The average Bonchev–Trinajstić information content (AvgIpc) is 1.65. The molecule has 0 bridgehead atoms. The van der Waals surface area contributed by atoms with Gasteiger partial charge in [0.05, 0.1) is 55.4 Å². The van der Waals surface area contributed by atoms with E-state index >= 15 is 0 Å². The lowest BCUT2D eigenvalue weighted by atomic mass is 9.68. The molecule has 4 aliphatic heterocycles. The number of aliphatic hydroxyl groups is 2. The molecule has 2 saturated carbocycles. The largest absolute Gasteiger partial charge is 0.445 e. The summed E-state index contributed by atoms with van der Waals surface area (Å²) in [6, 6.07) is 25.9. The number of ketones is 1. The van der Waals surface area contributed by atoms with Crippen LogP contribution in [0.2, 0.25) is 54.4 Å². The highest BCUT2D eigenvalue weighted by Crippen LogP contribution is 2.49. The minimum atomic E-state index is -2.93. The number of aliphatic hydroxyl groups excluding tert-OH is 1. The molecule has 4 heterocycles. The minimum absolute atomic E-state index is 0.0136. The van der Waals surface area contributed by atoms with E-state index in [0.717, 1.165) is 16.7 Å². The second kappa shape index (κ2) is 33.9. The maximum absolute atomic E-state index is 14.7. The van der Waals surface area contributed by atoms with Crippen LogP contribution in [0.5, 0.6) is 0 Å². The second-order valence-electron chi connectivity index (χ2n) is 35.6. The summed E-state index contributed by atoms with van der Waals surface area (Å²) < 4.78 is 97.2. The van der Waals surface area contributed by atoms with Gasteiger partial charge in [-0.2, -0.15) is 0 Å². The molecule has 2 aliphatic carbocycles. The fourth-order valence-electron chi connectivity index (χ4n) is 14.1. The zero-order valence-electron chi connectivity index (χ0n) is 66.4. The molecule has 4 saturated heterocycles. The van der Waals surface area contributed by atoms with E-state index in [9.17, 15) is 29.4 Å². The van der Waals surface area contributed by atoms with Crippen molar-refractivity contribution in [3.63, 3.8) is 0 Å². The average molecular weight is 1520 g/mol. The molecule has 0 spiro atoms. The van der Waals surface area contributed by atoms with Crippen molar-refractivity contribution in [1.82, 2.24) is 16.0 Å². The van der Waals surface area contributed by atoms with Crippen molar-refractivity contribution in [2.75, 3.05) is 6.61 Å². The number of fused-ring (bicyclic) bond motifs is 1. The van der Waals surface area contributed by atoms with Crippen molar-refractivity contribution in [2.45, 2.75) is 339 Å². The van der Waals surface area contributed by atoms with E-state index in [2.05, 4.69) is 118 Å². The van der Waals surface area contributed by atoms with Crippen LogP contribution >= 0.6 is 0 Å². The van der Waals surface area contributed by atoms with Crippen LogP contribution < -0.4 is 16.0 Å². The molecule has 6 fully saturated rings. The quantitative estimate of drug-likeness (QED) is 0.0389. The smallest absolute Gasteiger partial charge is 0.407 e. The van der Waals surface area contributed by atoms with Crippen molar-refractivity contribution in [3.05, 3.63) is 108 Å². The van der Waals surface area contributed by atoms with Gasteiger partial charge in [-0.3, -0.25) is 4.79 Å². The van der Waals surface area contributed by atoms with Gasteiger partial charge in [0, 0.05) is 36.8 Å². The Hall–Kier alpha value is -4.73. The molecule has 3 aromatic carbocycles. The monoisotopic (exact) mass is 1520 g/mol. The summed E-state index contributed by atoms with van der Waals surface area (Å²) >= 11 is 0. The standard InChI is InChI=1S/C79H125N3O20Si3/c1-23-54-63(97-70-59(82-73(86)91-45-50-36-30-26-31-37-50)65(101-104(19,20)77(11,12)13)64(55(24-2)92-70)100-103(17,18)76(8,9)10)67(102-105(21,22)78(14,15)16)71(93-54)98-66-60(84)52(41-57(83)79(88)42-53(43-79)80-74(87)99-75(5,6)7)40-47(3)61(66)95-69-58(81-72(85)90-44-49-34-28-25-29-35-49)48(4)62-56(94-69)46-89-68(96-62)51-38-32-27-33-39-51/h25-39,47-48,52-56,58-71,84,88H,23-24,40-46H2,1-22H3,(H,80,87)(H,81,85)(H,82,86)/t47-,48+,52-,53?,54+,55-,56+,58+,59+,60-,61+,62-,63+,64+,65+,66+,67+,68?,69+,70+,71?,79?/m0/s1. The summed E-state index contributed by atoms with van der Waals surface area (Å²) in [5, 5.41) is 33.6. The van der Waals surface area contributed by atoms with Gasteiger partial charge in [-0.25, -0.2) is 14.4 Å². The molecule has 6 aliphatic rings. The van der Waals surface area contributed by atoms with Crippen LogP contribution in [0.1, 0.15) is 172 Å². The van der Waals surface area contributed by atoms with Gasteiger partial charge in [0.1, 0.15) is 54.9 Å². The van der Waals surface area contributed by atoms with Crippen LogP contribution in [-0.2, 0) is 83.4 Å². The molecule has 0 aromatic heterocycles. The number of hydrogen-bond acceptors (Lipinski definition) is 20. The maximum atomic E-state index is 14.7. The highest BCUT2D eigenvalue weighted by molar-refractivity contribution is 6.75. The van der Waals surface area contributed by atoms with Crippen molar-refractivity contribution in [1.29, 1.82) is 0 Å². The molecule has 3 amide bonds. The van der Waals surface area contributed by atoms with E-state index < -0.39 is 193 Å². The Morgan fingerprint density at radius 1 is 0.543 bits per heavy atom. The molecule has 105 heavy (non-hydrogen) atoms. The molecule has 20 atom stereocenters. The molecule has 26 heteroatoms. The third-order valence-electron chi connectivity index (χ3n) is 23.3. The number of ether oxygens (including phenoxy) is 11. The van der Waals surface area contributed by atoms with Crippen molar-refractivity contribution < 1.29 is 94.8 Å². The van der Waals surface area contributed by atoms with Gasteiger partial charge in [0.25, 0.3) is 0 Å². The number of carbonyl (C=O) groups excluding carboxylic acids is 4. The Bertz CT molecular complexity index is 3320. The van der Waals surface area contributed by atoms with Gasteiger partial charge < -0.3 is 91.5 Å². The second-order valence-corrected chi connectivity index (χ2v) is 49.9. The molecule has 2 unspecified atom stereocenters. The predicted molar refractivity (Wildman–Crippen MR) is 404 cm³/mol. The lowest BCUT2D eigenvalue weighted by Gasteiger charge is -2.53. The number of benzene rings is 3. The van der Waals surface area contributed by atoms with Gasteiger partial charge in [0.2, 0.25) is 0 Å². The number of alkyl carbamates (subject to hydrolysis) is 3. The number of hydrogen-bond donors (Lipinski definition) is 5. The van der Waals surface area contributed by atoms with Crippen molar-refractivity contribution in [3.8, 4) is 0 Å². The van der Waals surface area contributed by atoms with E-state index in [-0.39, 0.29) is 55.6 Å². The van der Waals surface area contributed by atoms with E-state index in [1.807, 2.05) is 119 Å². The van der Waals surface area contributed by atoms with Crippen LogP contribution in [0.3, 0.4) is 0 Å². The summed E-state index contributed by atoms with van der Waals surface area (Å²) in [5.41, 5.74) is -0.193. The summed E-state index contributed by atoms with van der Waals surface area (Å²) in [5.74, 6) is -2.35. The van der Waals surface area contributed by atoms with Crippen LogP contribution in [0, 0.1) is 17.8 Å². The number of nitrogens with one attached hydrogen (secondary N) is 3. The van der Waals surface area contributed by atoms with Gasteiger partial charge in [-0.05, 0) is 117 Å². The van der Waals surface area contributed by atoms with Crippen LogP contribution in [-0.4, -0.2) is 181 Å². The Kier molecular flexibility index (Phi) is 27.2. The molecule has 3 aromatic rings. The van der Waals surface area contributed by atoms with Gasteiger partial charge in [-0.15, -0.1) is 0 Å². The number of Topliss-reactive ketones (excluding diaryl/α,β-unsaturated/α-hetero) is 1. The zero-order chi connectivity index (χ0) is 77.2. The third-order valence-corrected chi connectivity index (χ3v) is 36.8. The van der Waals surface area contributed by atoms with E-state index in [4.69, 9.17) is 65.4 Å². The van der Waals surface area contributed by atoms with Crippen molar-refractivity contribution in [2.24, 2.45) is 17.8 Å².